The van der Waals surface area contributed by atoms with Gasteiger partial charge in [0, 0.05) is 6.21 Å². The average molecular weight is 164 g/mol. The van der Waals surface area contributed by atoms with Gasteiger partial charge < -0.3 is 0 Å². The standard InChI is InChI=1S/C10H16N2/c1-4-7-12-10(6-3)9(5-2)8-11/h7H,4-6H2,1-3H3/b10-9-,12-7-. The molecule has 66 valence electrons. The lowest BCUT2D eigenvalue weighted by molar-refractivity contribution is 0.995. The summed E-state index contributed by atoms with van der Waals surface area (Å²) in [6.45, 7) is 6.04. The molecule has 2 heteroatoms. The van der Waals surface area contributed by atoms with Gasteiger partial charge >= 0.3 is 0 Å². The van der Waals surface area contributed by atoms with Crippen molar-refractivity contribution in [1.82, 2.24) is 0 Å². The van der Waals surface area contributed by atoms with E-state index in [1.165, 1.54) is 0 Å². The predicted octanol–water partition coefficient (Wildman–Crippen LogP) is 3.06. The lowest BCUT2D eigenvalue weighted by Crippen LogP contribution is -1.85. The first-order chi connectivity index (χ1) is 5.79. The van der Waals surface area contributed by atoms with Crippen LogP contribution in [0.5, 0.6) is 0 Å². The van der Waals surface area contributed by atoms with E-state index < -0.39 is 0 Å². The number of hydrogen-bond acceptors (Lipinski definition) is 2. The highest BCUT2D eigenvalue weighted by Gasteiger charge is 1.99. The fourth-order valence-electron chi connectivity index (χ4n) is 0.932. The van der Waals surface area contributed by atoms with Crippen molar-refractivity contribution in [3.05, 3.63) is 11.3 Å². The van der Waals surface area contributed by atoms with Gasteiger partial charge in [0.25, 0.3) is 0 Å². The zero-order valence-electron chi connectivity index (χ0n) is 8.09. The van der Waals surface area contributed by atoms with Gasteiger partial charge in [0.2, 0.25) is 0 Å². The summed E-state index contributed by atoms with van der Waals surface area (Å²) < 4.78 is 0. The zero-order valence-corrected chi connectivity index (χ0v) is 8.09. The molecule has 0 aliphatic heterocycles. The molecule has 0 rings (SSSR count). The molecule has 0 fully saturated rings. The SMILES string of the molecule is CC/C=N\C(CC)=C(/C#N)CC. The van der Waals surface area contributed by atoms with Crippen molar-refractivity contribution in [1.29, 1.82) is 5.26 Å². The molecular weight excluding hydrogens is 148 g/mol. The summed E-state index contributed by atoms with van der Waals surface area (Å²) in [5, 5.41) is 8.75. The average Bonchev–Trinajstić information content (AvgIpc) is 2.12. The summed E-state index contributed by atoms with van der Waals surface area (Å²) in [6.07, 6.45) is 4.39. The van der Waals surface area contributed by atoms with Gasteiger partial charge in [-0.3, -0.25) is 4.99 Å². The quantitative estimate of drug-likeness (QED) is 0.464. The van der Waals surface area contributed by atoms with E-state index in [0.717, 1.165) is 30.5 Å². The maximum absolute atomic E-state index is 8.75. The Hall–Kier alpha value is -1.10. The topological polar surface area (TPSA) is 36.1 Å². The fraction of sp³-hybridized carbons (Fsp3) is 0.600. The Morgan fingerprint density at radius 3 is 2.33 bits per heavy atom. The van der Waals surface area contributed by atoms with Crippen molar-refractivity contribution >= 4 is 6.21 Å². The van der Waals surface area contributed by atoms with Gasteiger partial charge in [-0.1, -0.05) is 20.8 Å². The third-order valence-corrected chi connectivity index (χ3v) is 1.60. The molecule has 0 radical (unpaired) electrons. The molecule has 0 aromatic carbocycles. The number of nitriles is 1. The summed E-state index contributed by atoms with van der Waals surface area (Å²) in [7, 11) is 0. The van der Waals surface area contributed by atoms with Crippen LogP contribution in [0, 0.1) is 11.3 Å². The first-order valence-corrected chi connectivity index (χ1v) is 4.44. The molecule has 0 spiro atoms. The summed E-state index contributed by atoms with van der Waals surface area (Å²) in [4.78, 5) is 4.23. The minimum absolute atomic E-state index is 0.778. The first kappa shape index (κ1) is 10.9. The van der Waals surface area contributed by atoms with E-state index in [2.05, 4.69) is 11.1 Å². The molecule has 0 N–H and O–H groups in total. The van der Waals surface area contributed by atoms with Gasteiger partial charge in [0.05, 0.1) is 17.3 Å². The minimum atomic E-state index is 0.778. The Balaban J connectivity index is 4.60. The highest BCUT2D eigenvalue weighted by atomic mass is 14.7. The lowest BCUT2D eigenvalue weighted by Gasteiger charge is -1.99. The van der Waals surface area contributed by atoms with E-state index in [-0.39, 0.29) is 0 Å². The highest BCUT2D eigenvalue weighted by molar-refractivity contribution is 5.58. The van der Waals surface area contributed by atoms with Gasteiger partial charge in [-0.25, -0.2) is 0 Å². The second-order valence-electron chi connectivity index (χ2n) is 2.46. The van der Waals surface area contributed by atoms with E-state index >= 15 is 0 Å². The van der Waals surface area contributed by atoms with E-state index in [1.807, 2.05) is 27.0 Å². The van der Waals surface area contributed by atoms with Crippen LogP contribution < -0.4 is 0 Å². The van der Waals surface area contributed by atoms with Crippen LogP contribution in [0.3, 0.4) is 0 Å². The Morgan fingerprint density at radius 1 is 1.33 bits per heavy atom. The van der Waals surface area contributed by atoms with Crippen LogP contribution in [0.4, 0.5) is 0 Å². The van der Waals surface area contributed by atoms with Crippen molar-refractivity contribution in [3.63, 3.8) is 0 Å². The normalized spacial score (nSPS) is 12.8. The molecule has 0 amide bonds. The molecule has 0 heterocycles. The molecule has 0 aromatic rings. The Labute approximate surface area is 74.6 Å². The summed E-state index contributed by atoms with van der Waals surface area (Å²) >= 11 is 0. The number of hydrogen-bond donors (Lipinski definition) is 0. The summed E-state index contributed by atoms with van der Waals surface area (Å²) in [6, 6.07) is 2.18. The van der Waals surface area contributed by atoms with Crippen molar-refractivity contribution < 1.29 is 0 Å². The zero-order chi connectivity index (χ0) is 9.40. The largest absolute Gasteiger partial charge is 0.265 e. The second kappa shape index (κ2) is 6.60. The smallest absolute Gasteiger partial charge is 0.0966 e. The predicted molar refractivity (Wildman–Crippen MR) is 52.0 cm³/mol. The van der Waals surface area contributed by atoms with Crippen LogP contribution in [0.15, 0.2) is 16.3 Å². The van der Waals surface area contributed by atoms with E-state index in [1.54, 1.807) is 0 Å². The van der Waals surface area contributed by atoms with Crippen LogP contribution in [0.1, 0.15) is 40.0 Å². The van der Waals surface area contributed by atoms with Crippen molar-refractivity contribution in [2.24, 2.45) is 4.99 Å². The number of rotatable bonds is 4. The maximum Gasteiger partial charge on any atom is 0.0966 e. The third-order valence-electron chi connectivity index (χ3n) is 1.60. The van der Waals surface area contributed by atoms with Crippen LogP contribution in [-0.2, 0) is 0 Å². The minimum Gasteiger partial charge on any atom is -0.265 e. The monoisotopic (exact) mass is 164 g/mol. The van der Waals surface area contributed by atoms with Crippen LogP contribution >= 0.6 is 0 Å². The van der Waals surface area contributed by atoms with Crippen LogP contribution in [-0.4, -0.2) is 6.21 Å². The second-order valence-corrected chi connectivity index (χ2v) is 2.46. The van der Waals surface area contributed by atoms with Crippen LogP contribution in [0.25, 0.3) is 0 Å². The Morgan fingerprint density at radius 2 is 2.00 bits per heavy atom. The molecule has 12 heavy (non-hydrogen) atoms. The lowest BCUT2D eigenvalue weighted by atomic mass is 10.1. The molecule has 0 saturated carbocycles. The highest BCUT2D eigenvalue weighted by Crippen LogP contribution is 2.12. The summed E-state index contributed by atoms with van der Waals surface area (Å²) in [5.74, 6) is 0. The number of aliphatic imine (C=N–C) groups is 1. The van der Waals surface area contributed by atoms with Crippen molar-refractivity contribution in [2.75, 3.05) is 0 Å². The van der Waals surface area contributed by atoms with Gasteiger partial charge in [0.15, 0.2) is 0 Å². The molecule has 0 aromatic heterocycles. The Kier molecular flexibility index (Phi) is 6.00. The fourth-order valence-corrected chi connectivity index (χ4v) is 0.932. The number of nitrogens with zero attached hydrogens (tertiary/aromatic N) is 2. The first-order valence-electron chi connectivity index (χ1n) is 4.44. The molecule has 0 bridgehead atoms. The molecule has 0 unspecified atom stereocenters. The molecule has 0 aliphatic carbocycles. The van der Waals surface area contributed by atoms with E-state index in [0.29, 0.717) is 0 Å². The Bertz CT molecular complexity index is 218. The molecule has 0 saturated heterocycles. The van der Waals surface area contributed by atoms with Gasteiger partial charge in [-0.05, 0) is 19.3 Å². The van der Waals surface area contributed by atoms with Crippen molar-refractivity contribution in [3.8, 4) is 6.07 Å². The van der Waals surface area contributed by atoms with Gasteiger partial charge in [-0.15, -0.1) is 0 Å². The molecule has 0 aliphatic rings. The number of allylic oxidation sites excluding steroid dienone is 2. The maximum atomic E-state index is 8.75. The van der Waals surface area contributed by atoms with E-state index in [9.17, 15) is 0 Å². The summed E-state index contributed by atoms with van der Waals surface area (Å²) in [5.41, 5.74) is 1.74. The molecule has 2 nitrogen and oxygen atoms in total. The van der Waals surface area contributed by atoms with Gasteiger partial charge in [0.1, 0.15) is 0 Å². The molecule has 0 atom stereocenters. The van der Waals surface area contributed by atoms with Crippen molar-refractivity contribution in [2.45, 2.75) is 40.0 Å². The van der Waals surface area contributed by atoms with E-state index in [4.69, 9.17) is 5.26 Å². The van der Waals surface area contributed by atoms with Gasteiger partial charge in [-0.2, -0.15) is 5.26 Å². The molecular formula is C10H16N2. The van der Waals surface area contributed by atoms with Crippen LogP contribution in [0.2, 0.25) is 0 Å². The third kappa shape index (κ3) is 3.34.